The molecule has 2 rings (SSSR count). The molecule has 2 N–H and O–H groups in total. The molecule has 1 aromatic rings. The molecule has 2 atom stereocenters. The summed E-state index contributed by atoms with van der Waals surface area (Å²) in [6.07, 6.45) is 1.92. The van der Waals surface area contributed by atoms with Crippen molar-refractivity contribution in [2.45, 2.75) is 25.8 Å². The van der Waals surface area contributed by atoms with Gasteiger partial charge in [-0.3, -0.25) is 4.79 Å². The smallest absolute Gasteiger partial charge is 0.260 e. The summed E-state index contributed by atoms with van der Waals surface area (Å²) < 4.78 is 19.0. The number of benzene rings is 1. The molecule has 2 unspecified atom stereocenters. The number of rotatable bonds is 4. The third kappa shape index (κ3) is 4.17. The number of nitrogens with zero attached hydrogens (tertiary/aromatic N) is 1. The number of likely N-dealkylation sites (tertiary alicyclic amines) is 1. The summed E-state index contributed by atoms with van der Waals surface area (Å²) in [5, 5.41) is 0. The van der Waals surface area contributed by atoms with E-state index in [4.69, 9.17) is 10.5 Å². The summed E-state index contributed by atoms with van der Waals surface area (Å²) in [7, 11) is 0. The first-order valence-corrected chi connectivity index (χ1v) is 7.88. The van der Waals surface area contributed by atoms with Gasteiger partial charge >= 0.3 is 0 Å². The van der Waals surface area contributed by atoms with E-state index in [1.807, 2.05) is 0 Å². The Morgan fingerprint density at radius 2 is 2.33 bits per heavy atom. The van der Waals surface area contributed by atoms with E-state index < -0.39 is 0 Å². The highest BCUT2D eigenvalue weighted by Crippen LogP contribution is 2.26. The molecule has 0 spiro atoms. The summed E-state index contributed by atoms with van der Waals surface area (Å²) in [4.78, 5) is 14.1. The van der Waals surface area contributed by atoms with E-state index >= 15 is 0 Å². The Kier molecular flexibility index (Phi) is 5.58. The fourth-order valence-electron chi connectivity index (χ4n) is 2.62. The SMILES string of the molecule is CC1CCN(C(=O)COc2ccc(F)cc2Br)C(CN)C1. The lowest BCUT2D eigenvalue weighted by molar-refractivity contribution is -0.137. The molecule has 6 heteroatoms. The van der Waals surface area contributed by atoms with Crippen molar-refractivity contribution >= 4 is 21.8 Å². The first-order chi connectivity index (χ1) is 10.0. The Hall–Kier alpha value is -1.14. The number of hydrogen-bond acceptors (Lipinski definition) is 3. The van der Waals surface area contributed by atoms with Gasteiger partial charge in [-0.15, -0.1) is 0 Å². The van der Waals surface area contributed by atoms with Crippen LogP contribution < -0.4 is 10.5 Å². The van der Waals surface area contributed by atoms with Crippen LogP contribution in [0.25, 0.3) is 0 Å². The van der Waals surface area contributed by atoms with Gasteiger partial charge in [-0.05, 0) is 52.9 Å². The lowest BCUT2D eigenvalue weighted by Gasteiger charge is -2.37. The van der Waals surface area contributed by atoms with Crippen LogP contribution in [0.2, 0.25) is 0 Å². The topological polar surface area (TPSA) is 55.6 Å². The van der Waals surface area contributed by atoms with Gasteiger partial charge in [0, 0.05) is 19.1 Å². The molecule has 116 valence electrons. The number of carbonyl (C=O) groups is 1. The number of nitrogens with two attached hydrogens (primary N) is 1. The number of ether oxygens (including phenoxy) is 1. The van der Waals surface area contributed by atoms with Crippen LogP contribution in [0, 0.1) is 11.7 Å². The van der Waals surface area contributed by atoms with Gasteiger partial charge in [-0.1, -0.05) is 6.92 Å². The third-order valence-electron chi connectivity index (χ3n) is 3.82. The minimum atomic E-state index is -0.353. The second-order valence-electron chi connectivity index (χ2n) is 5.47. The fraction of sp³-hybridized carbons (Fsp3) is 0.533. The number of hydrogen-bond donors (Lipinski definition) is 1. The van der Waals surface area contributed by atoms with Gasteiger partial charge in [0.05, 0.1) is 4.47 Å². The zero-order chi connectivity index (χ0) is 15.4. The molecule has 0 bridgehead atoms. The van der Waals surface area contributed by atoms with E-state index in [-0.39, 0.29) is 24.4 Å². The van der Waals surface area contributed by atoms with Crippen molar-refractivity contribution in [1.82, 2.24) is 4.90 Å². The average Bonchev–Trinajstić information content (AvgIpc) is 2.45. The standard InChI is InChI=1S/C15H20BrFN2O2/c1-10-4-5-19(12(6-10)8-18)15(20)9-21-14-3-2-11(17)7-13(14)16/h2-3,7,10,12H,4-6,8-9,18H2,1H3. The quantitative estimate of drug-likeness (QED) is 0.899. The predicted octanol–water partition coefficient (Wildman–Crippen LogP) is 2.55. The Bertz CT molecular complexity index is 512. The number of amides is 1. The minimum absolute atomic E-state index is 0.0604. The molecule has 0 aliphatic carbocycles. The molecule has 1 aliphatic heterocycles. The molecule has 4 nitrogen and oxygen atoms in total. The lowest BCUT2D eigenvalue weighted by atomic mass is 9.92. The first kappa shape index (κ1) is 16.2. The van der Waals surface area contributed by atoms with Crippen LogP contribution in [0.3, 0.4) is 0 Å². The fourth-order valence-corrected chi connectivity index (χ4v) is 3.08. The molecule has 0 saturated carbocycles. The van der Waals surface area contributed by atoms with Crippen molar-refractivity contribution < 1.29 is 13.9 Å². The molecular formula is C15H20BrFN2O2. The van der Waals surface area contributed by atoms with Gasteiger partial charge in [0.1, 0.15) is 11.6 Å². The Morgan fingerprint density at radius 1 is 1.57 bits per heavy atom. The zero-order valence-corrected chi connectivity index (χ0v) is 13.6. The number of piperidine rings is 1. The van der Waals surface area contributed by atoms with Crippen LogP contribution in [0.4, 0.5) is 4.39 Å². The minimum Gasteiger partial charge on any atom is -0.483 e. The molecule has 1 aromatic carbocycles. The van der Waals surface area contributed by atoms with Crippen molar-refractivity contribution in [3.05, 3.63) is 28.5 Å². The second-order valence-corrected chi connectivity index (χ2v) is 6.32. The van der Waals surface area contributed by atoms with Crippen LogP contribution >= 0.6 is 15.9 Å². The monoisotopic (exact) mass is 358 g/mol. The predicted molar refractivity (Wildman–Crippen MR) is 82.5 cm³/mol. The highest BCUT2D eigenvalue weighted by molar-refractivity contribution is 9.10. The Morgan fingerprint density at radius 3 is 3.00 bits per heavy atom. The zero-order valence-electron chi connectivity index (χ0n) is 12.0. The summed E-state index contributed by atoms with van der Waals surface area (Å²) in [6.45, 7) is 3.30. The number of halogens is 2. The van der Waals surface area contributed by atoms with Gasteiger partial charge in [-0.25, -0.2) is 4.39 Å². The Labute approximate surface area is 132 Å². The summed E-state index contributed by atoms with van der Waals surface area (Å²) in [5.74, 6) is 0.622. The van der Waals surface area contributed by atoms with Gasteiger partial charge in [0.15, 0.2) is 6.61 Å². The van der Waals surface area contributed by atoms with Gasteiger partial charge in [0.2, 0.25) is 0 Å². The van der Waals surface area contributed by atoms with Gasteiger partial charge in [-0.2, -0.15) is 0 Å². The molecule has 1 heterocycles. The largest absolute Gasteiger partial charge is 0.483 e. The van der Waals surface area contributed by atoms with Crippen molar-refractivity contribution in [2.24, 2.45) is 11.7 Å². The summed E-state index contributed by atoms with van der Waals surface area (Å²) in [6, 6.07) is 4.20. The van der Waals surface area contributed by atoms with Crippen LogP contribution in [-0.4, -0.2) is 36.5 Å². The maximum Gasteiger partial charge on any atom is 0.260 e. The molecule has 0 aromatic heterocycles. The molecule has 1 fully saturated rings. The van der Waals surface area contributed by atoms with Crippen LogP contribution in [0.15, 0.2) is 22.7 Å². The normalized spacial score (nSPS) is 22.2. The van der Waals surface area contributed by atoms with Crippen LogP contribution in [0.1, 0.15) is 19.8 Å². The summed E-state index contributed by atoms with van der Waals surface area (Å²) >= 11 is 3.22. The van der Waals surface area contributed by atoms with Crippen molar-refractivity contribution in [1.29, 1.82) is 0 Å². The molecule has 21 heavy (non-hydrogen) atoms. The van der Waals surface area contributed by atoms with Gasteiger partial charge in [0.25, 0.3) is 5.91 Å². The van der Waals surface area contributed by atoms with Crippen molar-refractivity contribution in [3.63, 3.8) is 0 Å². The van der Waals surface area contributed by atoms with Gasteiger partial charge < -0.3 is 15.4 Å². The van der Waals surface area contributed by atoms with E-state index in [0.29, 0.717) is 22.7 Å². The van der Waals surface area contributed by atoms with E-state index in [1.54, 1.807) is 4.90 Å². The molecular weight excluding hydrogens is 339 g/mol. The molecule has 1 aliphatic rings. The average molecular weight is 359 g/mol. The van der Waals surface area contributed by atoms with E-state index in [1.165, 1.54) is 18.2 Å². The summed E-state index contributed by atoms with van der Waals surface area (Å²) in [5.41, 5.74) is 5.76. The van der Waals surface area contributed by atoms with Crippen molar-refractivity contribution in [3.8, 4) is 5.75 Å². The lowest BCUT2D eigenvalue weighted by Crippen LogP contribution is -2.50. The first-order valence-electron chi connectivity index (χ1n) is 7.08. The van der Waals surface area contributed by atoms with E-state index in [9.17, 15) is 9.18 Å². The van der Waals surface area contributed by atoms with E-state index in [2.05, 4.69) is 22.9 Å². The third-order valence-corrected chi connectivity index (χ3v) is 4.44. The molecule has 1 amide bonds. The maximum absolute atomic E-state index is 13.0. The van der Waals surface area contributed by atoms with Crippen molar-refractivity contribution in [2.75, 3.05) is 19.7 Å². The highest BCUT2D eigenvalue weighted by Gasteiger charge is 2.29. The van der Waals surface area contributed by atoms with E-state index in [0.717, 1.165) is 19.4 Å². The second kappa shape index (κ2) is 7.22. The Balaban J connectivity index is 1.94. The molecule has 0 radical (unpaired) electrons. The van der Waals surface area contributed by atoms with Crippen LogP contribution in [0.5, 0.6) is 5.75 Å². The van der Waals surface area contributed by atoms with Crippen LogP contribution in [-0.2, 0) is 4.79 Å². The maximum atomic E-state index is 13.0. The molecule has 1 saturated heterocycles. The number of carbonyl (C=O) groups excluding carboxylic acids is 1. The highest BCUT2D eigenvalue weighted by atomic mass is 79.9.